The van der Waals surface area contributed by atoms with E-state index >= 15 is 4.39 Å². The maximum Gasteiger partial charge on any atom is 0.469 e. The predicted molar refractivity (Wildman–Crippen MR) is 138 cm³/mol. The minimum atomic E-state index is -4.59. The molecule has 0 bridgehead atoms. The number of imidazole rings is 1. The van der Waals surface area contributed by atoms with Gasteiger partial charge in [0, 0.05) is 36.0 Å². The first-order chi connectivity index (χ1) is 19.1. The van der Waals surface area contributed by atoms with Gasteiger partial charge in [-0.2, -0.15) is 0 Å². The molecule has 3 aromatic carbocycles. The fourth-order valence-corrected chi connectivity index (χ4v) is 4.64. The summed E-state index contributed by atoms with van der Waals surface area (Å²) in [5.41, 5.74) is 1.39. The third kappa shape index (κ3) is 6.10. The summed E-state index contributed by atoms with van der Waals surface area (Å²) in [6, 6.07) is 10.9. The molecule has 208 valence electrons. The van der Waals surface area contributed by atoms with Crippen LogP contribution >= 0.6 is 7.82 Å². The fourth-order valence-electron chi connectivity index (χ4n) is 4.27. The average Bonchev–Trinajstić information content (AvgIpc) is 3.56. The van der Waals surface area contributed by atoms with E-state index in [-0.39, 0.29) is 53.9 Å². The van der Waals surface area contributed by atoms with E-state index in [0.29, 0.717) is 16.8 Å². The summed E-state index contributed by atoms with van der Waals surface area (Å²) in [7, 11) is -4.59. The molecule has 0 spiro atoms. The van der Waals surface area contributed by atoms with E-state index < -0.39 is 36.8 Å². The SMILES string of the molecule is O=P(O)(O)OCCCc1cccc(Cc2cnc(-c3cc(Oc4c(F)cc5[nH]ccc5c4F)ccc3F)[nH]2)c1F. The second kappa shape index (κ2) is 11.3. The van der Waals surface area contributed by atoms with Gasteiger partial charge in [0.05, 0.1) is 17.7 Å². The second-order valence-electron chi connectivity index (χ2n) is 8.94. The zero-order valence-corrected chi connectivity index (χ0v) is 21.5. The molecule has 0 saturated carbocycles. The third-order valence-electron chi connectivity index (χ3n) is 6.13. The average molecular weight is 575 g/mol. The maximum absolute atomic E-state index is 15.0. The number of phosphoric ester groups is 1. The number of aryl methyl sites for hydroxylation is 1. The zero-order valence-electron chi connectivity index (χ0n) is 20.6. The normalized spacial score (nSPS) is 11.8. The molecule has 40 heavy (non-hydrogen) atoms. The third-order valence-corrected chi connectivity index (χ3v) is 6.65. The smallest absolute Gasteiger partial charge is 0.451 e. The Morgan fingerprint density at radius 1 is 0.950 bits per heavy atom. The van der Waals surface area contributed by atoms with Crippen molar-refractivity contribution in [3.05, 3.63) is 101 Å². The molecule has 0 aliphatic carbocycles. The Bertz CT molecular complexity index is 1730. The number of ether oxygens (including phenoxy) is 1. The first-order valence-corrected chi connectivity index (χ1v) is 13.5. The number of aromatic amines is 2. The highest BCUT2D eigenvalue weighted by molar-refractivity contribution is 7.46. The lowest BCUT2D eigenvalue weighted by Crippen LogP contribution is -2.01. The first kappa shape index (κ1) is 27.6. The Morgan fingerprint density at radius 3 is 2.55 bits per heavy atom. The minimum Gasteiger partial charge on any atom is -0.451 e. The standard InChI is InChI=1S/C27H22F4N3O5P/c28-21-7-6-18(39-26-22(29)13-23-19(25(26)31)8-9-32-23)12-20(21)27-33-14-17(34-27)11-16-4-1-3-15(24(16)30)5-2-10-38-40(35,36)37/h1,3-4,6-9,12-14,32H,2,5,10-11H2,(H,33,34)(H2,35,36,37). The summed E-state index contributed by atoms with van der Waals surface area (Å²) in [5.74, 6) is -3.54. The summed E-state index contributed by atoms with van der Waals surface area (Å²) >= 11 is 0. The summed E-state index contributed by atoms with van der Waals surface area (Å²) in [4.78, 5) is 27.3. The van der Waals surface area contributed by atoms with Crippen LogP contribution in [0.3, 0.4) is 0 Å². The number of phosphoric acid groups is 1. The van der Waals surface area contributed by atoms with Crippen molar-refractivity contribution in [1.29, 1.82) is 0 Å². The van der Waals surface area contributed by atoms with E-state index in [4.69, 9.17) is 14.5 Å². The van der Waals surface area contributed by atoms with Gasteiger partial charge in [0.25, 0.3) is 0 Å². The molecule has 4 N–H and O–H groups in total. The van der Waals surface area contributed by atoms with Crippen LogP contribution in [0.25, 0.3) is 22.3 Å². The van der Waals surface area contributed by atoms with Crippen LogP contribution in [0.5, 0.6) is 11.5 Å². The number of nitrogens with one attached hydrogen (secondary N) is 2. The molecule has 0 amide bonds. The van der Waals surface area contributed by atoms with Gasteiger partial charge in [-0.15, -0.1) is 0 Å². The molecule has 0 radical (unpaired) electrons. The molecule has 0 fully saturated rings. The van der Waals surface area contributed by atoms with Crippen LogP contribution in [0.4, 0.5) is 17.6 Å². The Morgan fingerprint density at radius 2 is 1.75 bits per heavy atom. The summed E-state index contributed by atoms with van der Waals surface area (Å²) in [6.45, 7) is -0.230. The molecule has 5 aromatic rings. The van der Waals surface area contributed by atoms with E-state index in [0.717, 1.165) is 12.1 Å². The fraction of sp³-hybridized carbons (Fsp3) is 0.148. The van der Waals surface area contributed by atoms with Crippen molar-refractivity contribution in [2.75, 3.05) is 6.61 Å². The lowest BCUT2D eigenvalue weighted by atomic mass is 10.0. The van der Waals surface area contributed by atoms with Crippen molar-refractivity contribution < 1.29 is 41.2 Å². The van der Waals surface area contributed by atoms with Crippen LogP contribution in [-0.4, -0.2) is 31.3 Å². The molecule has 13 heteroatoms. The quantitative estimate of drug-likeness (QED) is 0.0853. The van der Waals surface area contributed by atoms with Crippen molar-refractivity contribution in [2.24, 2.45) is 0 Å². The van der Waals surface area contributed by atoms with Crippen molar-refractivity contribution in [3.8, 4) is 22.9 Å². The number of aromatic nitrogens is 3. The number of rotatable bonds is 10. The van der Waals surface area contributed by atoms with E-state index in [1.165, 1.54) is 30.6 Å². The summed E-state index contributed by atoms with van der Waals surface area (Å²) in [6.07, 6.45) is 3.38. The number of H-pyrrole nitrogens is 2. The number of nitrogens with zero attached hydrogens (tertiary/aromatic N) is 1. The topological polar surface area (TPSA) is 120 Å². The maximum atomic E-state index is 15.0. The number of fused-ring (bicyclic) bond motifs is 1. The molecule has 0 aliphatic rings. The molecular formula is C27H22F4N3O5P. The molecule has 2 heterocycles. The van der Waals surface area contributed by atoms with Gasteiger partial charge >= 0.3 is 7.82 Å². The number of benzene rings is 3. The Balaban J connectivity index is 1.32. The molecule has 0 atom stereocenters. The van der Waals surface area contributed by atoms with Gasteiger partial charge in [0.15, 0.2) is 17.4 Å². The second-order valence-corrected chi connectivity index (χ2v) is 10.2. The monoisotopic (exact) mass is 575 g/mol. The lowest BCUT2D eigenvalue weighted by Gasteiger charge is -2.10. The van der Waals surface area contributed by atoms with Crippen LogP contribution in [-0.2, 0) is 21.9 Å². The number of halogens is 4. The summed E-state index contributed by atoms with van der Waals surface area (Å²) < 4.78 is 79.7. The highest BCUT2D eigenvalue weighted by atomic mass is 31.2. The summed E-state index contributed by atoms with van der Waals surface area (Å²) in [5, 5.41) is 0.139. The van der Waals surface area contributed by atoms with E-state index in [9.17, 15) is 17.7 Å². The van der Waals surface area contributed by atoms with Crippen LogP contribution < -0.4 is 4.74 Å². The van der Waals surface area contributed by atoms with E-state index in [1.54, 1.807) is 18.2 Å². The highest BCUT2D eigenvalue weighted by Gasteiger charge is 2.19. The van der Waals surface area contributed by atoms with Gasteiger partial charge in [-0.3, -0.25) is 4.52 Å². The largest absolute Gasteiger partial charge is 0.469 e. The Hall–Kier alpha value is -3.96. The minimum absolute atomic E-state index is 0.0217. The van der Waals surface area contributed by atoms with Crippen molar-refractivity contribution in [2.45, 2.75) is 19.3 Å². The molecule has 2 aromatic heterocycles. The highest BCUT2D eigenvalue weighted by Crippen LogP contribution is 2.36. The van der Waals surface area contributed by atoms with Crippen LogP contribution in [0, 0.1) is 23.3 Å². The molecule has 0 unspecified atom stereocenters. The Kier molecular flexibility index (Phi) is 7.77. The molecule has 0 aliphatic heterocycles. The predicted octanol–water partition coefficient (Wildman–Crippen LogP) is 6.54. The van der Waals surface area contributed by atoms with Crippen molar-refractivity contribution in [1.82, 2.24) is 15.0 Å². The van der Waals surface area contributed by atoms with E-state index in [1.807, 2.05) is 0 Å². The van der Waals surface area contributed by atoms with Gasteiger partial charge in [0.2, 0.25) is 0 Å². The first-order valence-electron chi connectivity index (χ1n) is 12.0. The van der Waals surface area contributed by atoms with Gasteiger partial charge in [-0.1, -0.05) is 18.2 Å². The zero-order chi connectivity index (χ0) is 28.4. The van der Waals surface area contributed by atoms with Crippen LogP contribution in [0.2, 0.25) is 0 Å². The number of hydrogen-bond acceptors (Lipinski definition) is 4. The van der Waals surface area contributed by atoms with Crippen LogP contribution in [0.1, 0.15) is 23.2 Å². The van der Waals surface area contributed by atoms with E-state index in [2.05, 4.69) is 19.5 Å². The lowest BCUT2D eigenvalue weighted by molar-refractivity contribution is 0.195. The molecular weight excluding hydrogens is 553 g/mol. The van der Waals surface area contributed by atoms with Crippen LogP contribution in [0.15, 0.2) is 60.9 Å². The number of hydrogen-bond donors (Lipinski definition) is 4. The molecule has 8 nitrogen and oxygen atoms in total. The Labute approximate surface area is 224 Å². The van der Waals surface area contributed by atoms with Gasteiger partial charge in [-0.25, -0.2) is 27.1 Å². The molecule has 5 rings (SSSR count). The van der Waals surface area contributed by atoms with Crippen molar-refractivity contribution in [3.63, 3.8) is 0 Å². The van der Waals surface area contributed by atoms with Gasteiger partial charge < -0.3 is 24.5 Å². The van der Waals surface area contributed by atoms with Gasteiger partial charge in [-0.05, 0) is 48.2 Å². The van der Waals surface area contributed by atoms with Gasteiger partial charge in [0.1, 0.15) is 23.2 Å². The van der Waals surface area contributed by atoms with Crippen molar-refractivity contribution >= 4 is 18.7 Å². The molecule has 0 saturated heterocycles.